The molecule has 1 fully saturated rings. The zero-order chi connectivity index (χ0) is 22.6. The average molecular weight is 433 g/mol. The van der Waals surface area contributed by atoms with Crippen LogP contribution in [0.15, 0.2) is 59.7 Å². The molecule has 8 heteroatoms. The van der Waals surface area contributed by atoms with Crippen molar-refractivity contribution in [3.8, 4) is 5.75 Å². The second kappa shape index (κ2) is 7.19. The van der Waals surface area contributed by atoms with E-state index in [0.717, 1.165) is 22.7 Å². The zero-order valence-electron chi connectivity index (χ0n) is 18.3. The molecule has 0 aliphatic carbocycles. The Morgan fingerprint density at radius 3 is 2.38 bits per heavy atom. The summed E-state index contributed by atoms with van der Waals surface area (Å²) in [6.45, 7) is 6.19. The summed E-state index contributed by atoms with van der Waals surface area (Å²) >= 11 is 0. The van der Waals surface area contributed by atoms with Crippen molar-refractivity contribution in [2.75, 3.05) is 12.0 Å². The van der Waals surface area contributed by atoms with Crippen molar-refractivity contribution in [2.24, 2.45) is 4.99 Å². The lowest BCUT2D eigenvalue weighted by Gasteiger charge is -2.33. The van der Waals surface area contributed by atoms with Crippen molar-refractivity contribution >= 4 is 23.4 Å². The Hall–Kier alpha value is -3.68. The molecule has 0 unspecified atom stereocenters. The van der Waals surface area contributed by atoms with E-state index in [2.05, 4.69) is 31.2 Å². The highest BCUT2D eigenvalue weighted by Crippen LogP contribution is 2.45. The molecule has 2 aliphatic heterocycles. The standard InChI is InChI=1S/C24H24FN5O2/c1-24(2,3)30-22-18(13-26-30)19(14-5-11-17(32-4)12-6-14)20-21(27-22)28-23(31)29(20)16-9-7-15(25)8-10-16/h5-13,19-20H,1-4H3,(H,27,28,31)/t19-,20-/m1/s1. The number of rotatable bonds is 3. The molecular weight excluding hydrogens is 409 g/mol. The number of fused-ring (bicyclic) bond motifs is 2. The van der Waals surface area contributed by atoms with Crippen LogP contribution in [0.1, 0.15) is 37.8 Å². The fraction of sp³-hybridized carbons (Fsp3) is 0.292. The van der Waals surface area contributed by atoms with E-state index in [1.54, 1.807) is 24.1 Å². The van der Waals surface area contributed by atoms with Crippen molar-refractivity contribution in [3.63, 3.8) is 0 Å². The molecule has 2 amide bonds. The number of halogens is 1. The third-order valence-electron chi connectivity index (χ3n) is 5.88. The van der Waals surface area contributed by atoms with E-state index in [-0.39, 0.29) is 23.3 Å². The minimum atomic E-state index is -0.411. The lowest BCUT2D eigenvalue weighted by atomic mass is 9.83. The molecule has 0 bridgehead atoms. The molecule has 5 rings (SSSR count). The van der Waals surface area contributed by atoms with Gasteiger partial charge in [-0.3, -0.25) is 10.2 Å². The number of nitrogens with one attached hydrogen (secondary N) is 1. The van der Waals surface area contributed by atoms with Gasteiger partial charge >= 0.3 is 6.03 Å². The van der Waals surface area contributed by atoms with Crippen LogP contribution in [0, 0.1) is 5.82 Å². The van der Waals surface area contributed by atoms with E-state index in [0.29, 0.717) is 11.5 Å². The van der Waals surface area contributed by atoms with Gasteiger partial charge in [0.1, 0.15) is 23.4 Å². The van der Waals surface area contributed by atoms with Gasteiger partial charge in [0.05, 0.1) is 18.8 Å². The van der Waals surface area contributed by atoms with Crippen molar-refractivity contribution in [2.45, 2.75) is 38.3 Å². The van der Waals surface area contributed by atoms with E-state index in [4.69, 9.17) is 9.73 Å². The van der Waals surface area contributed by atoms with Crippen molar-refractivity contribution in [1.29, 1.82) is 0 Å². The first-order valence-electron chi connectivity index (χ1n) is 10.4. The van der Waals surface area contributed by atoms with Crippen molar-refractivity contribution < 1.29 is 13.9 Å². The highest BCUT2D eigenvalue weighted by molar-refractivity contribution is 6.18. The number of methoxy groups -OCH3 is 1. The van der Waals surface area contributed by atoms with Crippen LogP contribution in [0.4, 0.5) is 20.7 Å². The van der Waals surface area contributed by atoms with E-state index in [9.17, 15) is 9.18 Å². The molecule has 2 atom stereocenters. The van der Waals surface area contributed by atoms with E-state index >= 15 is 0 Å². The largest absolute Gasteiger partial charge is 0.497 e. The Labute approximate surface area is 185 Å². The number of carbonyl (C=O) groups excluding carboxylic acids is 1. The quantitative estimate of drug-likeness (QED) is 0.658. The fourth-order valence-electron chi connectivity index (χ4n) is 4.41. The predicted octanol–water partition coefficient (Wildman–Crippen LogP) is 4.56. The number of nitrogens with zero attached hydrogens (tertiary/aromatic N) is 4. The van der Waals surface area contributed by atoms with Crippen LogP contribution in [0.2, 0.25) is 0 Å². The summed E-state index contributed by atoms with van der Waals surface area (Å²) in [5.41, 5.74) is 2.25. The number of aliphatic imine (C=N–C) groups is 1. The van der Waals surface area contributed by atoms with E-state index in [1.807, 2.05) is 35.1 Å². The highest BCUT2D eigenvalue weighted by atomic mass is 19.1. The first-order valence-corrected chi connectivity index (χ1v) is 10.4. The molecule has 1 aromatic heterocycles. The van der Waals surface area contributed by atoms with Crippen molar-refractivity contribution in [3.05, 3.63) is 71.7 Å². The van der Waals surface area contributed by atoms with Crippen LogP contribution >= 0.6 is 0 Å². The highest BCUT2D eigenvalue weighted by Gasteiger charge is 2.48. The molecule has 2 aliphatic rings. The van der Waals surface area contributed by atoms with Gasteiger partial charge < -0.3 is 4.74 Å². The van der Waals surface area contributed by atoms with Gasteiger partial charge in [-0.05, 0) is 62.7 Å². The second-order valence-electron chi connectivity index (χ2n) is 8.98. The van der Waals surface area contributed by atoms with Crippen LogP contribution in [-0.4, -0.2) is 34.8 Å². The Kier molecular flexibility index (Phi) is 4.54. The van der Waals surface area contributed by atoms with E-state index in [1.165, 1.54) is 12.1 Å². The second-order valence-corrected chi connectivity index (χ2v) is 8.98. The average Bonchev–Trinajstić information content (AvgIpc) is 3.33. The first-order chi connectivity index (χ1) is 15.3. The first kappa shape index (κ1) is 20.2. The molecule has 3 aromatic rings. The van der Waals surface area contributed by atoms with Crippen LogP contribution in [0.25, 0.3) is 0 Å². The fourth-order valence-corrected chi connectivity index (χ4v) is 4.41. The Morgan fingerprint density at radius 2 is 1.75 bits per heavy atom. The van der Waals surface area contributed by atoms with Gasteiger partial charge in [0.2, 0.25) is 0 Å². The van der Waals surface area contributed by atoms with Gasteiger partial charge in [-0.2, -0.15) is 5.10 Å². The SMILES string of the molecule is COc1ccc([C@@H]2c3cnn(C(C)(C)C)c3N=C3NC(=O)N(c4ccc(F)cc4)[C@@H]32)cc1. The summed E-state index contributed by atoms with van der Waals surface area (Å²) in [6, 6.07) is 13.0. The van der Waals surface area contributed by atoms with Crippen LogP contribution in [-0.2, 0) is 5.54 Å². The number of amides is 2. The maximum Gasteiger partial charge on any atom is 0.328 e. The molecule has 2 aromatic carbocycles. The lowest BCUT2D eigenvalue weighted by molar-refractivity contribution is 0.252. The maximum absolute atomic E-state index is 13.6. The van der Waals surface area contributed by atoms with Crippen LogP contribution < -0.4 is 15.0 Å². The van der Waals surface area contributed by atoms with Crippen LogP contribution in [0.3, 0.4) is 0 Å². The summed E-state index contributed by atoms with van der Waals surface area (Å²) in [5, 5.41) is 7.57. The summed E-state index contributed by atoms with van der Waals surface area (Å²) in [4.78, 5) is 19.5. The molecule has 1 N–H and O–H groups in total. The number of aromatic nitrogens is 2. The molecule has 3 heterocycles. The van der Waals surface area contributed by atoms with Gasteiger partial charge in [-0.1, -0.05) is 12.1 Å². The summed E-state index contributed by atoms with van der Waals surface area (Å²) in [7, 11) is 1.63. The Bertz CT molecular complexity index is 1210. The number of hydrogen-bond acceptors (Lipinski definition) is 4. The lowest BCUT2D eigenvalue weighted by Crippen LogP contribution is -2.42. The van der Waals surface area contributed by atoms with Crippen LogP contribution in [0.5, 0.6) is 5.75 Å². The molecule has 7 nitrogen and oxygen atoms in total. The third-order valence-corrected chi connectivity index (χ3v) is 5.88. The third kappa shape index (κ3) is 3.14. The van der Waals surface area contributed by atoms with Gasteiger partial charge in [0.15, 0.2) is 5.82 Å². The summed E-state index contributed by atoms with van der Waals surface area (Å²) in [5.74, 6) is 1.46. The number of anilines is 1. The normalized spacial score (nSPS) is 19.8. The van der Waals surface area contributed by atoms with E-state index < -0.39 is 6.04 Å². The smallest absolute Gasteiger partial charge is 0.328 e. The number of benzene rings is 2. The van der Waals surface area contributed by atoms with Gasteiger partial charge in [0.25, 0.3) is 0 Å². The Morgan fingerprint density at radius 1 is 1.06 bits per heavy atom. The summed E-state index contributed by atoms with van der Waals surface area (Å²) < 4.78 is 20.8. The molecule has 0 spiro atoms. The molecule has 0 saturated carbocycles. The zero-order valence-corrected chi connectivity index (χ0v) is 18.3. The van der Waals surface area contributed by atoms with Crippen molar-refractivity contribution in [1.82, 2.24) is 15.1 Å². The molecular formula is C24H24FN5O2. The maximum atomic E-state index is 13.6. The van der Waals surface area contributed by atoms with Gasteiger partial charge in [-0.25, -0.2) is 18.9 Å². The molecule has 1 saturated heterocycles. The minimum absolute atomic E-state index is 0.219. The number of hydrogen-bond donors (Lipinski definition) is 1. The minimum Gasteiger partial charge on any atom is -0.497 e. The molecule has 0 radical (unpaired) electrons. The number of amidine groups is 1. The summed E-state index contributed by atoms with van der Waals surface area (Å²) in [6.07, 6.45) is 1.83. The number of urea groups is 1. The monoisotopic (exact) mass is 433 g/mol. The number of ether oxygens (including phenoxy) is 1. The molecule has 164 valence electrons. The number of carbonyl (C=O) groups is 1. The van der Waals surface area contributed by atoms with Gasteiger partial charge in [-0.15, -0.1) is 0 Å². The Balaban J connectivity index is 1.70. The predicted molar refractivity (Wildman–Crippen MR) is 120 cm³/mol. The topological polar surface area (TPSA) is 71.7 Å². The molecule has 32 heavy (non-hydrogen) atoms. The van der Waals surface area contributed by atoms with Gasteiger partial charge in [0, 0.05) is 17.2 Å².